The SMILES string of the molecule is Cc1ncc(-c2nnc(-c3cnc(C(C)C)nc3C)o2)cn1. The third kappa shape index (κ3) is 2.69. The second kappa shape index (κ2) is 5.59. The molecule has 0 aliphatic carbocycles. The Labute approximate surface area is 127 Å². The second-order valence-electron chi connectivity index (χ2n) is 5.31. The summed E-state index contributed by atoms with van der Waals surface area (Å²) in [6.45, 7) is 7.83. The van der Waals surface area contributed by atoms with Crippen molar-refractivity contribution < 1.29 is 4.42 Å². The molecule has 0 bridgehead atoms. The number of nitrogens with zero attached hydrogens (tertiary/aromatic N) is 6. The summed E-state index contributed by atoms with van der Waals surface area (Å²) in [6, 6.07) is 0. The topological polar surface area (TPSA) is 90.5 Å². The van der Waals surface area contributed by atoms with Gasteiger partial charge in [0.15, 0.2) is 0 Å². The lowest BCUT2D eigenvalue weighted by Gasteiger charge is -2.06. The fraction of sp³-hybridized carbons (Fsp3) is 0.333. The molecule has 3 rings (SSSR count). The third-order valence-corrected chi connectivity index (χ3v) is 3.20. The van der Waals surface area contributed by atoms with Crippen LogP contribution in [0.15, 0.2) is 23.0 Å². The number of hydrogen-bond acceptors (Lipinski definition) is 7. The van der Waals surface area contributed by atoms with E-state index in [1.54, 1.807) is 18.6 Å². The van der Waals surface area contributed by atoms with E-state index < -0.39 is 0 Å². The predicted molar refractivity (Wildman–Crippen MR) is 79.9 cm³/mol. The van der Waals surface area contributed by atoms with Crippen molar-refractivity contribution in [2.75, 3.05) is 0 Å². The molecule has 0 fully saturated rings. The molecule has 0 atom stereocenters. The van der Waals surface area contributed by atoms with E-state index in [2.05, 4.69) is 44.0 Å². The summed E-state index contributed by atoms with van der Waals surface area (Å²) in [5.74, 6) is 2.53. The van der Waals surface area contributed by atoms with Crippen LogP contribution in [0.4, 0.5) is 0 Å². The Bertz CT molecular complexity index is 794. The maximum absolute atomic E-state index is 5.69. The van der Waals surface area contributed by atoms with Crippen LogP contribution in [-0.4, -0.2) is 30.1 Å². The van der Waals surface area contributed by atoms with Crippen molar-refractivity contribution in [1.29, 1.82) is 0 Å². The highest BCUT2D eigenvalue weighted by molar-refractivity contribution is 5.57. The van der Waals surface area contributed by atoms with Gasteiger partial charge < -0.3 is 4.42 Å². The monoisotopic (exact) mass is 296 g/mol. The van der Waals surface area contributed by atoms with E-state index in [1.807, 2.05) is 13.8 Å². The minimum Gasteiger partial charge on any atom is -0.416 e. The maximum Gasteiger partial charge on any atom is 0.251 e. The van der Waals surface area contributed by atoms with Gasteiger partial charge in [-0.15, -0.1) is 10.2 Å². The van der Waals surface area contributed by atoms with Crippen LogP contribution in [0.1, 0.15) is 37.1 Å². The van der Waals surface area contributed by atoms with Gasteiger partial charge in [-0.05, 0) is 13.8 Å². The third-order valence-electron chi connectivity index (χ3n) is 3.20. The average molecular weight is 296 g/mol. The van der Waals surface area contributed by atoms with E-state index in [4.69, 9.17) is 4.42 Å². The number of aryl methyl sites for hydroxylation is 2. The predicted octanol–water partition coefficient (Wildman–Crippen LogP) is 2.72. The lowest BCUT2D eigenvalue weighted by Crippen LogP contribution is -2.00. The van der Waals surface area contributed by atoms with Gasteiger partial charge in [0.1, 0.15) is 11.6 Å². The van der Waals surface area contributed by atoms with Crippen molar-refractivity contribution >= 4 is 0 Å². The molecular formula is C15H16N6O. The molecule has 3 aromatic heterocycles. The quantitative estimate of drug-likeness (QED) is 0.733. The fourth-order valence-electron chi connectivity index (χ4n) is 1.92. The standard InChI is InChI=1S/C15H16N6O/c1-8(2)13-18-7-12(9(3)19-13)15-21-20-14(22-15)11-5-16-10(4)17-6-11/h5-8H,1-4H3. The van der Waals surface area contributed by atoms with Crippen molar-refractivity contribution in [2.45, 2.75) is 33.6 Å². The van der Waals surface area contributed by atoms with Gasteiger partial charge >= 0.3 is 0 Å². The second-order valence-corrected chi connectivity index (χ2v) is 5.31. The Balaban J connectivity index is 1.95. The van der Waals surface area contributed by atoms with Gasteiger partial charge in [0.05, 0.1) is 16.8 Å². The van der Waals surface area contributed by atoms with E-state index in [0.29, 0.717) is 23.2 Å². The van der Waals surface area contributed by atoms with Crippen LogP contribution < -0.4 is 0 Å². The van der Waals surface area contributed by atoms with E-state index in [-0.39, 0.29) is 5.92 Å². The highest BCUT2D eigenvalue weighted by Crippen LogP contribution is 2.25. The smallest absolute Gasteiger partial charge is 0.251 e. The molecule has 0 aliphatic rings. The Hall–Kier alpha value is -2.70. The normalized spacial score (nSPS) is 11.1. The van der Waals surface area contributed by atoms with Gasteiger partial charge in [0.25, 0.3) is 11.8 Å². The molecular weight excluding hydrogens is 280 g/mol. The lowest BCUT2D eigenvalue weighted by molar-refractivity contribution is 0.582. The molecule has 112 valence electrons. The summed E-state index contributed by atoms with van der Waals surface area (Å²) in [7, 11) is 0. The van der Waals surface area contributed by atoms with Crippen molar-refractivity contribution in [3.8, 4) is 22.9 Å². The van der Waals surface area contributed by atoms with E-state index in [1.165, 1.54) is 0 Å². The minimum absolute atomic E-state index is 0.274. The summed E-state index contributed by atoms with van der Waals surface area (Å²) in [5, 5.41) is 8.11. The molecule has 0 aliphatic heterocycles. The first-order valence-electron chi connectivity index (χ1n) is 7.01. The van der Waals surface area contributed by atoms with Crippen LogP contribution in [0, 0.1) is 13.8 Å². The zero-order valence-corrected chi connectivity index (χ0v) is 12.9. The lowest BCUT2D eigenvalue weighted by atomic mass is 10.2. The summed E-state index contributed by atoms with van der Waals surface area (Å²) in [6.07, 6.45) is 5.04. The molecule has 22 heavy (non-hydrogen) atoms. The van der Waals surface area contributed by atoms with Crippen molar-refractivity contribution in [3.63, 3.8) is 0 Å². The van der Waals surface area contributed by atoms with Crippen molar-refractivity contribution in [3.05, 3.63) is 35.9 Å². The zero-order valence-electron chi connectivity index (χ0n) is 12.9. The molecule has 7 heteroatoms. The van der Waals surface area contributed by atoms with E-state index >= 15 is 0 Å². The first kappa shape index (κ1) is 14.2. The van der Waals surface area contributed by atoms with Crippen LogP contribution >= 0.6 is 0 Å². The molecule has 7 nitrogen and oxygen atoms in total. The van der Waals surface area contributed by atoms with Gasteiger partial charge in [-0.2, -0.15) is 0 Å². The van der Waals surface area contributed by atoms with Gasteiger partial charge in [0, 0.05) is 24.5 Å². The molecule has 3 heterocycles. The van der Waals surface area contributed by atoms with Gasteiger partial charge in [-0.3, -0.25) is 0 Å². The molecule has 0 saturated carbocycles. The highest BCUT2D eigenvalue weighted by atomic mass is 16.4. The Morgan fingerprint density at radius 1 is 0.909 bits per heavy atom. The number of hydrogen-bond donors (Lipinski definition) is 0. The molecule has 0 radical (unpaired) electrons. The number of rotatable bonds is 3. The summed E-state index contributed by atoms with van der Waals surface area (Å²) in [4.78, 5) is 17.1. The molecule has 0 spiro atoms. The van der Waals surface area contributed by atoms with Crippen LogP contribution in [0.5, 0.6) is 0 Å². The average Bonchev–Trinajstić information content (AvgIpc) is 2.97. The summed E-state index contributed by atoms with van der Waals surface area (Å²) in [5.41, 5.74) is 2.23. The molecule has 0 aromatic carbocycles. The van der Waals surface area contributed by atoms with Crippen LogP contribution in [0.25, 0.3) is 22.9 Å². The van der Waals surface area contributed by atoms with Crippen LogP contribution in [-0.2, 0) is 0 Å². The minimum atomic E-state index is 0.274. The number of aromatic nitrogens is 6. The maximum atomic E-state index is 5.69. The van der Waals surface area contributed by atoms with Crippen LogP contribution in [0.3, 0.4) is 0 Å². The van der Waals surface area contributed by atoms with Gasteiger partial charge in [-0.25, -0.2) is 19.9 Å². The largest absolute Gasteiger partial charge is 0.416 e. The van der Waals surface area contributed by atoms with Gasteiger partial charge in [-0.1, -0.05) is 13.8 Å². The Morgan fingerprint density at radius 3 is 2.23 bits per heavy atom. The van der Waals surface area contributed by atoms with Crippen molar-refractivity contribution in [1.82, 2.24) is 30.1 Å². The first-order valence-corrected chi connectivity index (χ1v) is 7.01. The summed E-state index contributed by atoms with van der Waals surface area (Å²) >= 11 is 0. The fourth-order valence-corrected chi connectivity index (χ4v) is 1.92. The summed E-state index contributed by atoms with van der Waals surface area (Å²) < 4.78 is 5.69. The van der Waals surface area contributed by atoms with Gasteiger partial charge in [0.2, 0.25) is 0 Å². The Morgan fingerprint density at radius 2 is 1.59 bits per heavy atom. The zero-order chi connectivity index (χ0) is 15.7. The Kier molecular flexibility index (Phi) is 3.62. The van der Waals surface area contributed by atoms with Crippen LogP contribution in [0.2, 0.25) is 0 Å². The first-order chi connectivity index (χ1) is 10.5. The highest BCUT2D eigenvalue weighted by Gasteiger charge is 2.15. The molecule has 0 saturated heterocycles. The van der Waals surface area contributed by atoms with Crippen molar-refractivity contribution in [2.24, 2.45) is 0 Å². The van der Waals surface area contributed by atoms with E-state index in [0.717, 1.165) is 17.1 Å². The molecule has 3 aromatic rings. The molecule has 0 amide bonds. The van der Waals surface area contributed by atoms with E-state index in [9.17, 15) is 0 Å². The molecule has 0 unspecified atom stereocenters. The molecule has 0 N–H and O–H groups in total.